The third-order valence-electron chi connectivity index (χ3n) is 1.72. The highest BCUT2D eigenvalue weighted by atomic mass is 16.4. The normalized spacial score (nSPS) is 12.2. The van der Waals surface area contributed by atoms with Gasteiger partial charge in [-0.2, -0.15) is 0 Å². The van der Waals surface area contributed by atoms with Crippen LogP contribution >= 0.6 is 0 Å². The van der Waals surface area contributed by atoms with Gasteiger partial charge in [0.1, 0.15) is 0 Å². The minimum atomic E-state index is -0.838. The lowest BCUT2D eigenvalue weighted by Gasteiger charge is -2.09. The van der Waals surface area contributed by atoms with Crippen molar-refractivity contribution in [3.8, 4) is 0 Å². The number of hydrogen-bond acceptors (Lipinski definition) is 2. The topological polar surface area (TPSA) is 49.3 Å². The maximum absolute atomic E-state index is 10.6. The fraction of sp³-hybridized carbons (Fsp3) is 0.667. The van der Waals surface area contributed by atoms with E-state index < -0.39 is 5.97 Å². The molecule has 0 saturated heterocycles. The fourth-order valence-electron chi connectivity index (χ4n) is 0.928. The number of carboxylic acids is 1. The Labute approximate surface area is 73.5 Å². The smallest absolute Gasteiger partial charge is 0.333 e. The van der Waals surface area contributed by atoms with Gasteiger partial charge in [-0.15, -0.1) is 0 Å². The molecule has 0 saturated carbocycles. The molecule has 0 fully saturated rings. The van der Waals surface area contributed by atoms with Crippen molar-refractivity contribution >= 4 is 5.97 Å². The number of carbonyl (C=O) groups is 1. The first-order valence-electron chi connectivity index (χ1n) is 4.30. The third-order valence-corrected chi connectivity index (χ3v) is 1.72. The summed E-state index contributed by atoms with van der Waals surface area (Å²) in [5.74, 6) is -0.838. The average molecular weight is 171 g/mol. The molecule has 3 heteroatoms. The van der Waals surface area contributed by atoms with E-state index in [4.69, 9.17) is 5.11 Å². The van der Waals surface area contributed by atoms with Gasteiger partial charge in [0.2, 0.25) is 0 Å². The molecule has 0 bridgehead atoms. The standard InChI is InChI=1S/C9H17NO2/c1-4-6-10-8(5-2)7(3)9(11)12/h10H,4-6H2,1-3H3,(H,11,12)/b8-7+. The summed E-state index contributed by atoms with van der Waals surface area (Å²) in [7, 11) is 0. The number of allylic oxidation sites excluding steroid dienone is 1. The molecule has 3 nitrogen and oxygen atoms in total. The SMILES string of the molecule is CCCN/C(CC)=C(\C)C(=O)O. The van der Waals surface area contributed by atoms with E-state index in [2.05, 4.69) is 12.2 Å². The molecule has 0 atom stereocenters. The molecule has 70 valence electrons. The molecule has 0 rings (SSSR count). The van der Waals surface area contributed by atoms with Gasteiger partial charge in [-0.3, -0.25) is 0 Å². The summed E-state index contributed by atoms with van der Waals surface area (Å²) in [5.41, 5.74) is 1.26. The van der Waals surface area contributed by atoms with E-state index in [1.165, 1.54) is 0 Å². The van der Waals surface area contributed by atoms with Crippen molar-refractivity contribution in [3.05, 3.63) is 11.3 Å². The quantitative estimate of drug-likeness (QED) is 0.619. The summed E-state index contributed by atoms with van der Waals surface area (Å²) in [6.45, 7) is 6.47. The van der Waals surface area contributed by atoms with Gasteiger partial charge >= 0.3 is 5.97 Å². The summed E-state index contributed by atoms with van der Waals surface area (Å²) in [6, 6.07) is 0. The van der Waals surface area contributed by atoms with E-state index in [0.717, 1.165) is 25.1 Å². The Balaban J connectivity index is 4.28. The van der Waals surface area contributed by atoms with E-state index in [-0.39, 0.29) is 0 Å². The maximum Gasteiger partial charge on any atom is 0.333 e. The molecular formula is C9H17NO2. The zero-order valence-corrected chi connectivity index (χ0v) is 7.98. The Morgan fingerprint density at radius 2 is 2.00 bits per heavy atom. The molecule has 0 aliphatic carbocycles. The summed E-state index contributed by atoms with van der Waals surface area (Å²) >= 11 is 0. The molecule has 0 heterocycles. The second kappa shape index (κ2) is 5.63. The molecule has 0 aliphatic heterocycles. The van der Waals surface area contributed by atoms with Gasteiger partial charge in [-0.25, -0.2) is 4.79 Å². The van der Waals surface area contributed by atoms with Crippen LogP contribution in [0.4, 0.5) is 0 Å². The Morgan fingerprint density at radius 3 is 2.33 bits per heavy atom. The van der Waals surface area contributed by atoms with Crippen LogP contribution in [0.15, 0.2) is 11.3 Å². The van der Waals surface area contributed by atoms with Gasteiger partial charge in [0.15, 0.2) is 0 Å². The molecule has 0 aromatic heterocycles. The molecule has 0 spiro atoms. The van der Waals surface area contributed by atoms with Gasteiger partial charge in [0.25, 0.3) is 0 Å². The van der Waals surface area contributed by atoms with E-state index in [1.807, 2.05) is 6.92 Å². The molecule has 0 amide bonds. The lowest BCUT2D eigenvalue weighted by atomic mass is 10.2. The van der Waals surface area contributed by atoms with Gasteiger partial charge in [-0.1, -0.05) is 13.8 Å². The minimum absolute atomic E-state index is 0.422. The minimum Gasteiger partial charge on any atom is -0.478 e. The molecular weight excluding hydrogens is 154 g/mol. The molecule has 2 N–H and O–H groups in total. The molecule has 0 aromatic carbocycles. The second-order valence-corrected chi connectivity index (χ2v) is 2.69. The largest absolute Gasteiger partial charge is 0.478 e. The first-order valence-corrected chi connectivity index (χ1v) is 4.30. The zero-order valence-electron chi connectivity index (χ0n) is 7.98. The average Bonchev–Trinajstić information content (AvgIpc) is 2.05. The second-order valence-electron chi connectivity index (χ2n) is 2.69. The number of hydrogen-bond donors (Lipinski definition) is 2. The molecule has 0 unspecified atom stereocenters. The Bertz CT molecular complexity index is 185. The number of rotatable bonds is 5. The Hall–Kier alpha value is -0.990. The summed E-state index contributed by atoms with van der Waals surface area (Å²) < 4.78 is 0. The fourth-order valence-corrected chi connectivity index (χ4v) is 0.928. The summed E-state index contributed by atoms with van der Waals surface area (Å²) in [6.07, 6.45) is 1.76. The van der Waals surface area contributed by atoms with Crippen LogP contribution in [0.2, 0.25) is 0 Å². The van der Waals surface area contributed by atoms with Crippen LogP contribution in [-0.4, -0.2) is 17.6 Å². The van der Waals surface area contributed by atoms with Crippen molar-refractivity contribution in [2.75, 3.05) is 6.54 Å². The Morgan fingerprint density at radius 1 is 1.42 bits per heavy atom. The third kappa shape index (κ3) is 3.42. The van der Waals surface area contributed by atoms with Crippen LogP contribution in [0, 0.1) is 0 Å². The van der Waals surface area contributed by atoms with E-state index in [0.29, 0.717) is 5.57 Å². The van der Waals surface area contributed by atoms with Crippen LogP contribution in [0.1, 0.15) is 33.6 Å². The summed E-state index contributed by atoms with van der Waals surface area (Å²) in [4.78, 5) is 10.6. The number of carboxylic acid groups (broad SMARTS) is 1. The first-order chi connectivity index (χ1) is 5.63. The van der Waals surface area contributed by atoms with E-state index >= 15 is 0 Å². The van der Waals surface area contributed by atoms with Crippen molar-refractivity contribution in [2.24, 2.45) is 0 Å². The maximum atomic E-state index is 10.6. The monoisotopic (exact) mass is 171 g/mol. The van der Waals surface area contributed by atoms with Gasteiger partial charge in [-0.05, 0) is 19.8 Å². The van der Waals surface area contributed by atoms with E-state index in [1.54, 1.807) is 6.92 Å². The van der Waals surface area contributed by atoms with Gasteiger partial charge < -0.3 is 10.4 Å². The van der Waals surface area contributed by atoms with Crippen LogP contribution in [-0.2, 0) is 4.79 Å². The van der Waals surface area contributed by atoms with Crippen LogP contribution in [0.3, 0.4) is 0 Å². The predicted molar refractivity (Wildman–Crippen MR) is 48.9 cm³/mol. The molecule has 12 heavy (non-hydrogen) atoms. The molecule has 0 aliphatic rings. The van der Waals surface area contributed by atoms with E-state index in [9.17, 15) is 4.79 Å². The lowest BCUT2D eigenvalue weighted by Crippen LogP contribution is -2.17. The van der Waals surface area contributed by atoms with Crippen LogP contribution < -0.4 is 5.32 Å². The number of aliphatic carboxylic acids is 1. The first kappa shape index (κ1) is 11.0. The van der Waals surface area contributed by atoms with Gasteiger partial charge in [0, 0.05) is 12.2 Å². The van der Waals surface area contributed by atoms with Crippen molar-refractivity contribution < 1.29 is 9.90 Å². The predicted octanol–water partition coefficient (Wildman–Crippen LogP) is 1.75. The van der Waals surface area contributed by atoms with Crippen LogP contribution in [0.5, 0.6) is 0 Å². The van der Waals surface area contributed by atoms with Crippen molar-refractivity contribution in [1.82, 2.24) is 5.32 Å². The molecule has 0 radical (unpaired) electrons. The van der Waals surface area contributed by atoms with Crippen molar-refractivity contribution in [2.45, 2.75) is 33.6 Å². The highest BCUT2D eigenvalue weighted by molar-refractivity contribution is 5.86. The zero-order chi connectivity index (χ0) is 9.56. The Kier molecular flexibility index (Phi) is 5.17. The summed E-state index contributed by atoms with van der Waals surface area (Å²) in [5, 5.41) is 11.8. The lowest BCUT2D eigenvalue weighted by molar-refractivity contribution is -0.132. The number of nitrogens with one attached hydrogen (secondary N) is 1. The van der Waals surface area contributed by atoms with Crippen molar-refractivity contribution in [3.63, 3.8) is 0 Å². The molecule has 0 aromatic rings. The highest BCUT2D eigenvalue weighted by Crippen LogP contribution is 2.04. The van der Waals surface area contributed by atoms with Gasteiger partial charge in [0.05, 0.1) is 5.57 Å². The van der Waals surface area contributed by atoms with Crippen LogP contribution in [0.25, 0.3) is 0 Å². The van der Waals surface area contributed by atoms with Crippen molar-refractivity contribution in [1.29, 1.82) is 0 Å². The highest BCUT2D eigenvalue weighted by Gasteiger charge is 2.05.